The number of pyridine rings is 1. The van der Waals surface area contributed by atoms with Crippen molar-refractivity contribution < 1.29 is 8.98 Å². The van der Waals surface area contributed by atoms with Gasteiger partial charge in [0, 0.05) is 55.6 Å². The van der Waals surface area contributed by atoms with Crippen LogP contribution in [0.2, 0.25) is 0 Å². The maximum Gasteiger partial charge on any atom is 0.213 e. The summed E-state index contributed by atoms with van der Waals surface area (Å²) in [5, 5.41) is 7.30. The fourth-order valence-corrected chi connectivity index (χ4v) is 9.39. The highest BCUT2D eigenvalue weighted by atomic mass is 16.3. The van der Waals surface area contributed by atoms with E-state index in [0.29, 0.717) is 0 Å². The molecule has 6 heterocycles. The van der Waals surface area contributed by atoms with Crippen molar-refractivity contribution in [1.29, 1.82) is 0 Å². The Bertz CT molecular complexity index is 2970. The minimum absolute atomic E-state index is 0.0296. The predicted octanol–water partition coefficient (Wildman–Crippen LogP) is 11.6. The maximum absolute atomic E-state index is 6.69. The number of aliphatic imine (C=N–C) groups is 1. The Morgan fingerprint density at radius 2 is 1.59 bits per heavy atom. The second-order valence-electron chi connectivity index (χ2n) is 14.4. The molecule has 0 saturated heterocycles. The van der Waals surface area contributed by atoms with Crippen LogP contribution in [0.4, 0.5) is 0 Å². The first-order chi connectivity index (χ1) is 25.2. The summed E-state index contributed by atoms with van der Waals surface area (Å²) in [6, 6.07) is 40.0. The van der Waals surface area contributed by atoms with E-state index in [1.165, 1.54) is 60.5 Å². The van der Waals surface area contributed by atoms with Gasteiger partial charge in [0.2, 0.25) is 11.7 Å². The number of benzene rings is 5. The Morgan fingerprint density at radius 3 is 2.51 bits per heavy atom. The van der Waals surface area contributed by atoms with Crippen LogP contribution in [0, 0.1) is 0 Å². The number of furan rings is 1. The minimum Gasteiger partial charge on any atom is -0.454 e. The number of allylic oxidation sites excluding steroid dienone is 3. The van der Waals surface area contributed by atoms with Gasteiger partial charge in [-0.15, -0.1) is 0 Å². The van der Waals surface area contributed by atoms with Gasteiger partial charge < -0.3 is 8.82 Å². The highest BCUT2D eigenvalue weighted by Crippen LogP contribution is 2.47. The second-order valence-corrected chi connectivity index (χ2v) is 14.4. The van der Waals surface area contributed by atoms with E-state index in [0.717, 1.165) is 64.5 Å². The Labute approximate surface area is 295 Å². The zero-order valence-corrected chi connectivity index (χ0v) is 28.6. The van der Waals surface area contributed by atoms with Gasteiger partial charge in [0.05, 0.1) is 28.2 Å². The molecule has 2 atom stereocenters. The summed E-state index contributed by atoms with van der Waals surface area (Å²) in [6.07, 6.45) is 10.8. The van der Waals surface area contributed by atoms with Gasteiger partial charge in [-0.3, -0.25) is 0 Å². The van der Waals surface area contributed by atoms with E-state index >= 15 is 0 Å². The number of hydrogen-bond donors (Lipinski definition) is 0. The number of hydrogen-bond acceptors (Lipinski definition) is 2. The fourth-order valence-electron chi connectivity index (χ4n) is 9.39. The van der Waals surface area contributed by atoms with Crippen LogP contribution < -0.4 is 4.57 Å². The third-order valence-electron chi connectivity index (χ3n) is 11.6. The highest BCUT2D eigenvalue weighted by Gasteiger charge is 2.42. The molecule has 244 valence electrons. The molecule has 0 amide bonds. The lowest BCUT2D eigenvalue weighted by molar-refractivity contribution is -0.709. The van der Waals surface area contributed by atoms with Crippen LogP contribution in [0.5, 0.6) is 0 Å². The number of aryl methyl sites for hydroxylation is 1. The van der Waals surface area contributed by atoms with E-state index in [-0.39, 0.29) is 12.0 Å². The minimum atomic E-state index is 0.0296. The molecular formula is C47H36N3O+. The molecule has 4 heteroatoms. The number of fused-ring (bicyclic) bond motifs is 17. The second kappa shape index (κ2) is 10.7. The van der Waals surface area contributed by atoms with Crippen LogP contribution in [0.15, 0.2) is 149 Å². The maximum atomic E-state index is 6.69. The van der Waals surface area contributed by atoms with E-state index in [9.17, 15) is 0 Å². The molecule has 11 rings (SSSR count). The summed E-state index contributed by atoms with van der Waals surface area (Å²) >= 11 is 0. The zero-order valence-electron chi connectivity index (χ0n) is 28.6. The molecule has 9 aromatic rings. The lowest BCUT2D eigenvalue weighted by atomic mass is 9.78. The molecule has 4 aromatic heterocycles. The molecule has 0 radical (unpaired) electrons. The molecule has 2 unspecified atom stereocenters. The molecule has 0 fully saturated rings. The van der Waals surface area contributed by atoms with E-state index in [4.69, 9.17) is 16.0 Å². The van der Waals surface area contributed by atoms with Gasteiger partial charge in [-0.25, -0.2) is 4.99 Å². The average Bonchev–Trinajstić information content (AvgIpc) is 3.83. The third kappa shape index (κ3) is 3.96. The van der Waals surface area contributed by atoms with E-state index < -0.39 is 0 Å². The largest absolute Gasteiger partial charge is 0.454 e. The van der Waals surface area contributed by atoms with Crippen LogP contribution in [-0.4, -0.2) is 10.1 Å². The third-order valence-corrected chi connectivity index (χ3v) is 11.6. The Hall–Kier alpha value is -6.00. The monoisotopic (exact) mass is 658 g/mol. The van der Waals surface area contributed by atoms with E-state index in [2.05, 4.69) is 143 Å². The molecule has 0 saturated carbocycles. The molecule has 0 spiro atoms. The fraction of sp³-hybridized carbons (Fsp3) is 0.149. The molecule has 2 aliphatic rings. The number of rotatable bonds is 3. The van der Waals surface area contributed by atoms with Gasteiger partial charge >= 0.3 is 0 Å². The number of unbranched alkanes of at least 4 members (excludes halogenated alkanes) is 1. The van der Waals surface area contributed by atoms with Gasteiger partial charge in [-0.2, -0.15) is 4.57 Å². The number of para-hydroxylation sites is 2. The van der Waals surface area contributed by atoms with E-state index in [1.54, 1.807) is 0 Å². The molecule has 0 aliphatic carbocycles. The summed E-state index contributed by atoms with van der Waals surface area (Å²) in [6.45, 7) is 6.94. The van der Waals surface area contributed by atoms with Crippen molar-refractivity contribution in [2.45, 2.75) is 44.6 Å². The first kappa shape index (κ1) is 28.8. The van der Waals surface area contributed by atoms with Crippen molar-refractivity contribution >= 4 is 65.7 Å². The molecule has 0 N–H and O–H groups in total. The Balaban J connectivity index is 1.20. The first-order valence-electron chi connectivity index (χ1n) is 18.3. The molecule has 4 nitrogen and oxygen atoms in total. The Morgan fingerprint density at radius 1 is 0.804 bits per heavy atom. The molecule has 2 aliphatic heterocycles. The SMILES string of the molecule is C=C1/N=C(/C=C\CCC)c2cc3c4cccc5c6ccc7c8ccccc8oc7c6n(c3cc2CCC2c3ccccc3-c3cccc[n+]3C12)c45. The van der Waals surface area contributed by atoms with E-state index in [1.807, 2.05) is 0 Å². The van der Waals surface area contributed by atoms with Gasteiger partial charge in [0.25, 0.3) is 0 Å². The van der Waals surface area contributed by atoms with Crippen LogP contribution in [-0.2, 0) is 6.42 Å². The smallest absolute Gasteiger partial charge is 0.213 e. The van der Waals surface area contributed by atoms with Crippen LogP contribution in [0.1, 0.15) is 54.8 Å². The molecule has 5 aromatic carbocycles. The molecular weight excluding hydrogens is 623 g/mol. The van der Waals surface area contributed by atoms with Crippen molar-refractivity contribution in [3.05, 3.63) is 157 Å². The normalized spacial score (nSPS) is 18.6. The summed E-state index contributed by atoms with van der Waals surface area (Å²) in [7, 11) is 0. The zero-order chi connectivity index (χ0) is 33.8. The predicted molar refractivity (Wildman–Crippen MR) is 210 cm³/mol. The Kier molecular flexibility index (Phi) is 6.07. The van der Waals surface area contributed by atoms with Crippen molar-refractivity contribution in [3.8, 4) is 11.3 Å². The first-order valence-corrected chi connectivity index (χ1v) is 18.3. The summed E-state index contributed by atoms with van der Waals surface area (Å²) < 4.78 is 11.6. The van der Waals surface area contributed by atoms with Crippen molar-refractivity contribution in [2.24, 2.45) is 4.99 Å². The van der Waals surface area contributed by atoms with Crippen LogP contribution in [0.25, 0.3) is 71.3 Å². The van der Waals surface area contributed by atoms with Gasteiger partial charge in [0.15, 0.2) is 11.8 Å². The lowest BCUT2D eigenvalue weighted by Crippen LogP contribution is -2.48. The molecule has 0 bridgehead atoms. The van der Waals surface area contributed by atoms with Gasteiger partial charge in [-0.05, 0) is 72.9 Å². The summed E-state index contributed by atoms with van der Waals surface area (Å²) in [5.74, 6) is 0.240. The van der Waals surface area contributed by atoms with Crippen molar-refractivity contribution in [2.75, 3.05) is 0 Å². The molecule has 51 heavy (non-hydrogen) atoms. The standard InChI is InChI=1S/C47H36N3O/c1-3-4-5-18-40-38-27-39-34-17-12-16-33-36-23-24-37-32-15-8-9-20-43(32)51-47(37)46(36)50(45(33)34)42(39)26-29(38)21-22-35-30-13-6-7-14-31(30)41-19-10-11-25-49(41)44(35)28(2)48-40/h5-20,23-27,35,44H,2-4,21-22H2,1H3/q+1/b18-5-,48-40-. The number of nitrogens with zero attached hydrogens (tertiary/aromatic N) is 3. The quantitative estimate of drug-likeness (QED) is 0.174. The highest BCUT2D eigenvalue weighted by molar-refractivity contribution is 6.28. The summed E-state index contributed by atoms with van der Waals surface area (Å²) in [4.78, 5) is 5.48. The summed E-state index contributed by atoms with van der Waals surface area (Å²) in [5.41, 5.74) is 13.8. The van der Waals surface area contributed by atoms with Gasteiger partial charge in [-0.1, -0.05) is 86.7 Å². The topological polar surface area (TPSA) is 33.8 Å². The van der Waals surface area contributed by atoms with Crippen LogP contribution >= 0.6 is 0 Å². The lowest BCUT2D eigenvalue weighted by Gasteiger charge is -2.30. The number of aromatic nitrogens is 2. The average molecular weight is 659 g/mol. The van der Waals surface area contributed by atoms with Crippen molar-refractivity contribution in [1.82, 2.24) is 4.40 Å². The van der Waals surface area contributed by atoms with Crippen molar-refractivity contribution in [3.63, 3.8) is 0 Å². The van der Waals surface area contributed by atoms with Gasteiger partial charge in [0.1, 0.15) is 11.3 Å². The van der Waals surface area contributed by atoms with Crippen LogP contribution in [0.3, 0.4) is 0 Å².